The van der Waals surface area contributed by atoms with E-state index in [4.69, 9.17) is 11.6 Å². The molecule has 0 aliphatic carbocycles. The zero-order chi connectivity index (χ0) is 14.6. The maximum atomic E-state index is 12.6. The van der Waals surface area contributed by atoms with Gasteiger partial charge in [-0.2, -0.15) is 0 Å². The summed E-state index contributed by atoms with van der Waals surface area (Å²) >= 11 is 7.68. The molecule has 0 bridgehead atoms. The van der Waals surface area contributed by atoms with Gasteiger partial charge >= 0.3 is 0 Å². The first-order valence-corrected chi connectivity index (χ1v) is 8.26. The van der Waals surface area contributed by atoms with E-state index in [0.717, 1.165) is 26.6 Å². The SMILES string of the molecule is O=C1c2ccccc2[C@@H]2C[C@H](O)c3csc(Cl)c3CCN12. The van der Waals surface area contributed by atoms with E-state index >= 15 is 0 Å². The molecule has 5 heteroatoms. The minimum atomic E-state index is -0.574. The van der Waals surface area contributed by atoms with E-state index < -0.39 is 6.10 Å². The Morgan fingerprint density at radius 2 is 2.10 bits per heavy atom. The van der Waals surface area contributed by atoms with Gasteiger partial charge in [-0.3, -0.25) is 4.79 Å². The molecule has 2 aromatic rings. The summed E-state index contributed by atoms with van der Waals surface area (Å²) in [5.74, 6) is 0.0672. The number of aliphatic hydroxyl groups is 1. The normalized spacial score (nSPS) is 24.1. The van der Waals surface area contributed by atoms with Gasteiger partial charge in [-0.25, -0.2) is 0 Å². The molecular formula is C16H14ClNO2S. The lowest BCUT2D eigenvalue weighted by Gasteiger charge is -2.30. The summed E-state index contributed by atoms with van der Waals surface area (Å²) in [5, 5.41) is 12.5. The summed E-state index contributed by atoms with van der Waals surface area (Å²) in [4.78, 5) is 14.4. The third kappa shape index (κ3) is 1.94. The van der Waals surface area contributed by atoms with Crippen molar-refractivity contribution in [3.05, 3.63) is 56.2 Å². The fraction of sp³-hybridized carbons (Fsp3) is 0.312. The van der Waals surface area contributed by atoms with Crippen molar-refractivity contribution in [2.45, 2.75) is 25.0 Å². The zero-order valence-electron chi connectivity index (χ0n) is 11.3. The van der Waals surface area contributed by atoms with Crippen molar-refractivity contribution in [2.24, 2.45) is 0 Å². The van der Waals surface area contributed by atoms with Gasteiger partial charge in [0.1, 0.15) is 0 Å². The Hall–Kier alpha value is -1.36. The first-order valence-electron chi connectivity index (χ1n) is 7.00. The zero-order valence-corrected chi connectivity index (χ0v) is 12.8. The highest BCUT2D eigenvalue weighted by Gasteiger charge is 2.39. The van der Waals surface area contributed by atoms with Crippen LogP contribution in [0.15, 0.2) is 29.6 Å². The van der Waals surface area contributed by atoms with Gasteiger partial charge in [-0.15, -0.1) is 11.3 Å². The fourth-order valence-electron chi connectivity index (χ4n) is 3.42. The third-order valence-corrected chi connectivity index (χ3v) is 5.79. The summed E-state index contributed by atoms with van der Waals surface area (Å²) in [6.45, 7) is 0.647. The predicted octanol–water partition coefficient (Wildman–Crippen LogP) is 3.58. The van der Waals surface area contributed by atoms with Crippen LogP contribution in [0, 0.1) is 0 Å². The summed E-state index contributed by atoms with van der Waals surface area (Å²) < 4.78 is 0.728. The average Bonchev–Trinajstić information content (AvgIpc) is 2.95. The van der Waals surface area contributed by atoms with Gasteiger partial charge in [-0.1, -0.05) is 29.8 Å². The number of aliphatic hydroxyl groups excluding tert-OH is 1. The minimum Gasteiger partial charge on any atom is -0.388 e. The largest absolute Gasteiger partial charge is 0.388 e. The molecule has 2 atom stereocenters. The Morgan fingerprint density at radius 3 is 2.95 bits per heavy atom. The van der Waals surface area contributed by atoms with Gasteiger partial charge < -0.3 is 10.0 Å². The third-order valence-electron chi connectivity index (χ3n) is 4.47. The molecule has 1 aromatic heterocycles. The van der Waals surface area contributed by atoms with Gasteiger partial charge in [0, 0.05) is 18.5 Å². The number of carbonyl (C=O) groups excluding carboxylic acids is 1. The highest BCUT2D eigenvalue weighted by molar-refractivity contribution is 7.14. The first kappa shape index (κ1) is 13.3. The topological polar surface area (TPSA) is 40.5 Å². The molecule has 2 aliphatic rings. The molecule has 1 amide bonds. The first-order chi connectivity index (χ1) is 10.2. The molecule has 0 fully saturated rings. The van der Waals surface area contributed by atoms with Crippen LogP contribution >= 0.6 is 22.9 Å². The van der Waals surface area contributed by atoms with Crippen molar-refractivity contribution < 1.29 is 9.90 Å². The maximum Gasteiger partial charge on any atom is 0.254 e. The number of thiophene rings is 1. The molecule has 4 rings (SSSR count). The molecule has 2 aliphatic heterocycles. The molecule has 0 saturated heterocycles. The van der Waals surface area contributed by atoms with Crippen molar-refractivity contribution in [1.82, 2.24) is 4.90 Å². The quantitative estimate of drug-likeness (QED) is 0.806. The lowest BCUT2D eigenvalue weighted by atomic mass is 9.93. The molecule has 0 saturated carbocycles. The molecule has 3 nitrogen and oxygen atoms in total. The minimum absolute atomic E-state index is 0.0319. The highest BCUT2D eigenvalue weighted by Crippen LogP contribution is 2.43. The van der Waals surface area contributed by atoms with Gasteiger partial charge in [0.25, 0.3) is 5.91 Å². The molecule has 1 N–H and O–H groups in total. The van der Waals surface area contributed by atoms with E-state index in [2.05, 4.69) is 0 Å². The van der Waals surface area contributed by atoms with Crippen LogP contribution in [0.25, 0.3) is 0 Å². The Morgan fingerprint density at radius 1 is 1.29 bits per heavy atom. The van der Waals surface area contributed by atoms with Crippen LogP contribution in [0.4, 0.5) is 0 Å². The van der Waals surface area contributed by atoms with Crippen LogP contribution in [-0.2, 0) is 6.42 Å². The van der Waals surface area contributed by atoms with Gasteiger partial charge in [0.05, 0.1) is 16.5 Å². The predicted molar refractivity (Wildman–Crippen MR) is 82.8 cm³/mol. The van der Waals surface area contributed by atoms with Gasteiger partial charge in [0.15, 0.2) is 0 Å². The molecular weight excluding hydrogens is 306 g/mol. The van der Waals surface area contributed by atoms with E-state index in [9.17, 15) is 9.90 Å². The summed E-state index contributed by atoms with van der Waals surface area (Å²) in [6, 6.07) is 7.68. The van der Waals surface area contributed by atoms with Gasteiger partial charge in [0.2, 0.25) is 0 Å². The van der Waals surface area contributed by atoms with Crippen molar-refractivity contribution in [2.75, 3.05) is 6.54 Å². The van der Waals surface area contributed by atoms with E-state index in [0.29, 0.717) is 19.4 Å². The van der Waals surface area contributed by atoms with Crippen molar-refractivity contribution in [3.63, 3.8) is 0 Å². The lowest BCUT2D eigenvalue weighted by molar-refractivity contribution is 0.0627. The summed E-state index contributed by atoms with van der Waals surface area (Å²) in [5.41, 5.74) is 3.73. The van der Waals surface area contributed by atoms with Gasteiger partial charge in [-0.05, 0) is 34.6 Å². The van der Waals surface area contributed by atoms with Crippen LogP contribution < -0.4 is 0 Å². The number of rotatable bonds is 0. The monoisotopic (exact) mass is 319 g/mol. The molecule has 21 heavy (non-hydrogen) atoms. The number of hydrogen-bond donors (Lipinski definition) is 1. The highest BCUT2D eigenvalue weighted by atomic mass is 35.5. The van der Waals surface area contributed by atoms with E-state index in [1.54, 1.807) is 0 Å². The van der Waals surface area contributed by atoms with E-state index in [-0.39, 0.29) is 11.9 Å². The van der Waals surface area contributed by atoms with Crippen LogP contribution in [0.3, 0.4) is 0 Å². The maximum absolute atomic E-state index is 12.6. The van der Waals surface area contributed by atoms with Crippen LogP contribution in [0.1, 0.15) is 45.6 Å². The lowest BCUT2D eigenvalue weighted by Crippen LogP contribution is -2.32. The number of hydrogen-bond acceptors (Lipinski definition) is 3. The second-order valence-electron chi connectivity index (χ2n) is 5.55. The summed E-state index contributed by atoms with van der Waals surface area (Å²) in [7, 11) is 0. The summed E-state index contributed by atoms with van der Waals surface area (Å²) in [6.07, 6.45) is 0.656. The van der Waals surface area contributed by atoms with Crippen molar-refractivity contribution in [1.29, 1.82) is 0 Å². The fourth-order valence-corrected chi connectivity index (χ4v) is 4.65. The number of carbonyl (C=O) groups is 1. The van der Waals surface area contributed by atoms with Crippen LogP contribution in [-0.4, -0.2) is 22.5 Å². The van der Waals surface area contributed by atoms with Crippen LogP contribution in [0.2, 0.25) is 4.34 Å². The molecule has 3 heterocycles. The van der Waals surface area contributed by atoms with Crippen molar-refractivity contribution in [3.8, 4) is 0 Å². The number of amides is 1. The Bertz CT molecular complexity index is 727. The Balaban J connectivity index is 1.78. The van der Waals surface area contributed by atoms with E-state index in [1.165, 1.54) is 11.3 Å². The van der Waals surface area contributed by atoms with E-state index in [1.807, 2.05) is 34.5 Å². The Labute approximate surface area is 131 Å². The number of fused-ring (bicyclic) bond motifs is 4. The molecule has 108 valence electrons. The second-order valence-corrected chi connectivity index (χ2v) is 7.03. The number of benzene rings is 1. The average molecular weight is 320 g/mol. The second kappa shape index (κ2) is 4.83. The number of halogens is 1. The molecule has 0 spiro atoms. The smallest absolute Gasteiger partial charge is 0.254 e. The Kier molecular flexibility index (Phi) is 3.06. The molecule has 1 aromatic carbocycles. The molecule has 0 unspecified atom stereocenters. The standard InChI is InChI=1S/C16H14ClNO2S/c17-15-10-5-6-18-13(7-14(19)12(10)8-21-15)9-3-1-2-4-11(9)16(18)20/h1-4,8,13-14,19H,5-7H2/t13-,14-/m0/s1. The van der Waals surface area contributed by atoms with Crippen LogP contribution in [0.5, 0.6) is 0 Å². The van der Waals surface area contributed by atoms with Crippen molar-refractivity contribution >= 4 is 28.8 Å². The number of nitrogens with zero attached hydrogens (tertiary/aromatic N) is 1. The molecule has 0 radical (unpaired) electrons.